The van der Waals surface area contributed by atoms with E-state index in [2.05, 4.69) is 20.2 Å². The van der Waals surface area contributed by atoms with Gasteiger partial charge in [0.05, 0.1) is 6.20 Å². The van der Waals surface area contributed by atoms with Crippen molar-refractivity contribution in [3.8, 4) is 0 Å². The molecule has 1 atom stereocenters. The van der Waals surface area contributed by atoms with Crippen molar-refractivity contribution in [2.24, 2.45) is 0 Å². The van der Waals surface area contributed by atoms with Gasteiger partial charge in [0.25, 0.3) is 5.91 Å². The van der Waals surface area contributed by atoms with E-state index in [9.17, 15) is 18.0 Å². The van der Waals surface area contributed by atoms with E-state index in [0.717, 1.165) is 11.5 Å². The molecule has 0 aromatic carbocycles. The molecule has 11 heteroatoms. The number of nitrogens with one attached hydrogen (secondary N) is 2. The molecule has 2 N–H and O–H groups in total. The standard InChI is InChI=1S/C10H14F3N5OS.ClH/c11-10(12,13)8(18-3-1-14-2-4-18)6-15-9(19)7-5-16-17-20-7;/h5,8,14H,1-4,6H2,(H,15,19);1H. The summed E-state index contributed by atoms with van der Waals surface area (Å²) in [5, 5.41) is 8.77. The van der Waals surface area contributed by atoms with E-state index in [4.69, 9.17) is 0 Å². The van der Waals surface area contributed by atoms with Crippen LogP contribution in [0.5, 0.6) is 0 Å². The van der Waals surface area contributed by atoms with Gasteiger partial charge in [0.15, 0.2) is 0 Å². The topological polar surface area (TPSA) is 70.2 Å². The van der Waals surface area contributed by atoms with Gasteiger partial charge < -0.3 is 10.6 Å². The molecular formula is C10H15ClF3N5OS. The lowest BCUT2D eigenvalue weighted by molar-refractivity contribution is -0.183. The summed E-state index contributed by atoms with van der Waals surface area (Å²) in [6, 6.07) is -1.67. The second kappa shape index (κ2) is 7.87. The zero-order valence-electron chi connectivity index (χ0n) is 10.9. The third kappa shape index (κ3) is 5.06. The fourth-order valence-corrected chi connectivity index (χ4v) is 2.42. The van der Waals surface area contributed by atoms with Gasteiger partial charge in [-0.1, -0.05) is 4.49 Å². The Morgan fingerprint density at radius 1 is 1.48 bits per heavy atom. The van der Waals surface area contributed by atoms with E-state index in [1.807, 2.05) is 0 Å². The second-order valence-electron chi connectivity index (χ2n) is 4.34. The summed E-state index contributed by atoms with van der Waals surface area (Å²) in [5.41, 5.74) is 0. The minimum Gasteiger partial charge on any atom is -0.349 e. The number of carbonyl (C=O) groups excluding carboxylic acids is 1. The fraction of sp³-hybridized carbons (Fsp3) is 0.700. The number of halogens is 4. The fourth-order valence-electron chi connectivity index (χ4n) is 1.99. The van der Waals surface area contributed by atoms with Crippen LogP contribution in [0.4, 0.5) is 13.2 Å². The minimum absolute atomic E-state index is 0. The van der Waals surface area contributed by atoms with Crippen LogP contribution < -0.4 is 10.6 Å². The third-order valence-electron chi connectivity index (χ3n) is 3.01. The molecule has 0 saturated carbocycles. The summed E-state index contributed by atoms with van der Waals surface area (Å²) < 4.78 is 42.7. The van der Waals surface area contributed by atoms with Crippen molar-refractivity contribution in [3.63, 3.8) is 0 Å². The molecule has 21 heavy (non-hydrogen) atoms. The van der Waals surface area contributed by atoms with E-state index in [0.29, 0.717) is 26.2 Å². The quantitative estimate of drug-likeness (QED) is 0.833. The first kappa shape index (κ1) is 18.1. The molecule has 1 fully saturated rings. The number of amides is 1. The van der Waals surface area contributed by atoms with Crippen LogP contribution in [0.25, 0.3) is 0 Å². The Hall–Kier alpha value is -0.970. The SMILES string of the molecule is Cl.O=C(NCC(N1CCNCC1)C(F)(F)F)c1cnns1. The molecule has 0 aliphatic carbocycles. The number of piperazine rings is 1. The van der Waals surface area contributed by atoms with E-state index in [-0.39, 0.29) is 17.3 Å². The van der Waals surface area contributed by atoms with Gasteiger partial charge in [-0.15, -0.1) is 17.5 Å². The molecule has 1 saturated heterocycles. The monoisotopic (exact) mass is 345 g/mol. The summed E-state index contributed by atoms with van der Waals surface area (Å²) in [6.07, 6.45) is -3.15. The summed E-state index contributed by atoms with van der Waals surface area (Å²) >= 11 is 0.848. The third-order valence-corrected chi connectivity index (χ3v) is 3.67. The second-order valence-corrected chi connectivity index (χ2v) is 5.12. The van der Waals surface area contributed by atoms with E-state index < -0.39 is 24.7 Å². The lowest BCUT2D eigenvalue weighted by Crippen LogP contribution is -2.57. The van der Waals surface area contributed by atoms with Crippen molar-refractivity contribution < 1.29 is 18.0 Å². The number of rotatable bonds is 4. The molecule has 120 valence electrons. The number of hydrogen-bond acceptors (Lipinski definition) is 6. The van der Waals surface area contributed by atoms with Crippen molar-refractivity contribution in [1.82, 2.24) is 25.1 Å². The zero-order valence-corrected chi connectivity index (χ0v) is 12.5. The van der Waals surface area contributed by atoms with Gasteiger partial charge >= 0.3 is 6.18 Å². The first-order valence-electron chi connectivity index (χ1n) is 6.05. The average molecular weight is 346 g/mol. The van der Waals surface area contributed by atoms with Crippen molar-refractivity contribution in [1.29, 1.82) is 0 Å². The van der Waals surface area contributed by atoms with Crippen LogP contribution in [0.3, 0.4) is 0 Å². The van der Waals surface area contributed by atoms with Crippen LogP contribution in [0.15, 0.2) is 6.20 Å². The Labute approximate surface area is 129 Å². The first-order chi connectivity index (χ1) is 9.48. The predicted molar refractivity (Wildman–Crippen MR) is 73.8 cm³/mol. The van der Waals surface area contributed by atoms with Gasteiger partial charge in [-0.2, -0.15) is 13.2 Å². The molecule has 1 aliphatic heterocycles. The van der Waals surface area contributed by atoms with Crippen LogP contribution in [-0.4, -0.2) is 65.3 Å². The molecule has 1 aromatic rings. The van der Waals surface area contributed by atoms with E-state index in [1.165, 1.54) is 11.1 Å². The molecule has 2 rings (SSSR count). The highest BCUT2D eigenvalue weighted by molar-refractivity contribution is 7.07. The number of carbonyl (C=O) groups is 1. The molecule has 1 aromatic heterocycles. The maximum Gasteiger partial charge on any atom is 0.405 e. The zero-order chi connectivity index (χ0) is 14.6. The average Bonchev–Trinajstić information content (AvgIpc) is 2.92. The predicted octanol–water partition coefficient (Wildman–Crippen LogP) is 0.526. The Balaban J connectivity index is 0.00000220. The van der Waals surface area contributed by atoms with Crippen LogP contribution in [0.1, 0.15) is 9.67 Å². The van der Waals surface area contributed by atoms with Crippen LogP contribution in [-0.2, 0) is 0 Å². The Morgan fingerprint density at radius 2 is 2.14 bits per heavy atom. The first-order valence-corrected chi connectivity index (χ1v) is 6.83. The van der Waals surface area contributed by atoms with Gasteiger partial charge in [-0.05, 0) is 11.5 Å². The van der Waals surface area contributed by atoms with Crippen molar-refractivity contribution >= 4 is 29.8 Å². The lowest BCUT2D eigenvalue weighted by atomic mass is 10.2. The molecule has 2 heterocycles. The van der Waals surface area contributed by atoms with Crippen molar-refractivity contribution in [2.75, 3.05) is 32.7 Å². The highest BCUT2D eigenvalue weighted by atomic mass is 35.5. The molecular weight excluding hydrogens is 331 g/mol. The minimum atomic E-state index is -4.38. The summed E-state index contributed by atoms with van der Waals surface area (Å²) in [6.45, 7) is 1.17. The van der Waals surface area contributed by atoms with Crippen LogP contribution in [0.2, 0.25) is 0 Å². The molecule has 0 radical (unpaired) electrons. The van der Waals surface area contributed by atoms with Crippen molar-refractivity contribution in [2.45, 2.75) is 12.2 Å². The molecule has 6 nitrogen and oxygen atoms in total. The number of nitrogens with zero attached hydrogens (tertiary/aromatic N) is 3. The Kier molecular flexibility index (Phi) is 6.78. The molecule has 0 bridgehead atoms. The lowest BCUT2D eigenvalue weighted by Gasteiger charge is -2.35. The number of aromatic nitrogens is 2. The largest absolute Gasteiger partial charge is 0.405 e. The maximum absolute atomic E-state index is 13.1. The smallest absolute Gasteiger partial charge is 0.349 e. The van der Waals surface area contributed by atoms with Gasteiger partial charge in [-0.3, -0.25) is 9.69 Å². The van der Waals surface area contributed by atoms with Crippen LogP contribution >= 0.6 is 23.9 Å². The summed E-state index contributed by atoms with van der Waals surface area (Å²) in [7, 11) is 0. The molecule has 1 amide bonds. The number of hydrogen-bond donors (Lipinski definition) is 2. The molecule has 1 aliphatic rings. The van der Waals surface area contributed by atoms with Crippen molar-refractivity contribution in [3.05, 3.63) is 11.1 Å². The Bertz CT molecular complexity index is 438. The summed E-state index contributed by atoms with van der Waals surface area (Å²) in [4.78, 5) is 13.2. The maximum atomic E-state index is 13.1. The highest BCUT2D eigenvalue weighted by Gasteiger charge is 2.43. The normalized spacial score (nSPS) is 17.9. The Morgan fingerprint density at radius 3 is 2.67 bits per heavy atom. The van der Waals surface area contributed by atoms with Gasteiger partial charge in [0.1, 0.15) is 10.9 Å². The molecule has 0 spiro atoms. The van der Waals surface area contributed by atoms with Gasteiger partial charge in [-0.25, -0.2) is 0 Å². The van der Waals surface area contributed by atoms with E-state index in [1.54, 1.807) is 0 Å². The van der Waals surface area contributed by atoms with Crippen LogP contribution in [0, 0.1) is 0 Å². The summed E-state index contributed by atoms with van der Waals surface area (Å²) in [5.74, 6) is -0.579. The van der Waals surface area contributed by atoms with Gasteiger partial charge in [0, 0.05) is 32.7 Å². The molecule has 1 unspecified atom stereocenters. The van der Waals surface area contributed by atoms with Gasteiger partial charge in [0.2, 0.25) is 0 Å². The number of alkyl halides is 3. The highest BCUT2D eigenvalue weighted by Crippen LogP contribution is 2.24. The van der Waals surface area contributed by atoms with E-state index >= 15 is 0 Å².